The maximum absolute atomic E-state index is 11.5. The number of ether oxygens (including phenoxy) is 1. The maximum Gasteiger partial charge on any atom is 0.309 e. The molecule has 0 radical (unpaired) electrons. The summed E-state index contributed by atoms with van der Waals surface area (Å²) in [7, 11) is 1.44. The number of carbonyl (C=O) groups excluding carboxylic acids is 1. The van der Waals surface area contributed by atoms with Gasteiger partial charge in [-0.15, -0.1) is 0 Å². The minimum absolute atomic E-state index is 0.179. The van der Waals surface area contributed by atoms with E-state index in [1.807, 2.05) is 18.2 Å². The molecule has 1 aliphatic carbocycles. The fraction of sp³-hybridized carbons (Fsp3) is 0.611. The van der Waals surface area contributed by atoms with Crippen LogP contribution in [0.4, 0.5) is 0 Å². The number of benzene rings is 1. The zero-order valence-corrected chi connectivity index (χ0v) is 13.3. The largest absolute Gasteiger partial charge is 0.469 e. The lowest BCUT2D eigenvalue weighted by molar-refractivity contribution is -0.139. The van der Waals surface area contributed by atoms with Gasteiger partial charge in [0.15, 0.2) is 0 Å². The Kier molecular flexibility index (Phi) is 5.80. The molecule has 2 rings (SSSR count). The summed E-state index contributed by atoms with van der Waals surface area (Å²) >= 11 is 0. The molecule has 3 heteroatoms. The van der Waals surface area contributed by atoms with Crippen LogP contribution in [0, 0.1) is 5.41 Å². The van der Waals surface area contributed by atoms with Crippen LogP contribution in [0.1, 0.15) is 50.2 Å². The summed E-state index contributed by atoms with van der Waals surface area (Å²) in [6, 6.07) is 8.11. The highest BCUT2D eigenvalue weighted by Crippen LogP contribution is 2.34. The minimum Gasteiger partial charge on any atom is -0.469 e. The first-order valence-corrected chi connectivity index (χ1v) is 7.97. The minimum atomic E-state index is -0.179. The molecular weight excluding hydrogens is 262 g/mol. The summed E-state index contributed by atoms with van der Waals surface area (Å²) in [5.74, 6) is -0.179. The molecule has 116 valence electrons. The topological polar surface area (TPSA) is 38.3 Å². The monoisotopic (exact) mass is 289 g/mol. The number of methoxy groups -OCH3 is 1. The molecular formula is C18H27NO2. The number of carbonyl (C=O) groups is 1. The van der Waals surface area contributed by atoms with Crippen molar-refractivity contribution < 1.29 is 9.53 Å². The summed E-state index contributed by atoms with van der Waals surface area (Å²) < 4.78 is 4.77. The van der Waals surface area contributed by atoms with Crippen molar-refractivity contribution in [3.63, 3.8) is 0 Å². The highest BCUT2D eigenvalue weighted by atomic mass is 16.5. The molecule has 0 heterocycles. The van der Waals surface area contributed by atoms with E-state index in [0.717, 1.165) is 18.7 Å². The second kappa shape index (κ2) is 7.60. The molecule has 0 saturated heterocycles. The zero-order chi connectivity index (χ0) is 15.1. The van der Waals surface area contributed by atoms with E-state index in [2.05, 4.69) is 18.3 Å². The normalized spacial score (nSPS) is 17.4. The molecule has 0 unspecified atom stereocenters. The van der Waals surface area contributed by atoms with Gasteiger partial charge in [-0.25, -0.2) is 0 Å². The molecule has 0 atom stereocenters. The molecule has 0 aliphatic heterocycles. The molecule has 3 nitrogen and oxygen atoms in total. The first kappa shape index (κ1) is 16.0. The molecule has 1 aliphatic rings. The predicted molar refractivity (Wildman–Crippen MR) is 85.1 cm³/mol. The van der Waals surface area contributed by atoms with Gasteiger partial charge in [0.05, 0.1) is 13.5 Å². The molecule has 0 bridgehead atoms. The van der Waals surface area contributed by atoms with E-state index >= 15 is 0 Å². The molecule has 1 aromatic carbocycles. The van der Waals surface area contributed by atoms with Gasteiger partial charge in [0.25, 0.3) is 0 Å². The Labute approximate surface area is 128 Å². The molecule has 1 aromatic rings. The number of rotatable bonds is 6. The van der Waals surface area contributed by atoms with Crippen molar-refractivity contribution >= 4 is 5.97 Å². The van der Waals surface area contributed by atoms with Gasteiger partial charge in [0, 0.05) is 13.1 Å². The van der Waals surface area contributed by atoms with Crippen molar-refractivity contribution in [2.45, 2.75) is 52.0 Å². The lowest BCUT2D eigenvalue weighted by Crippen LogP contribution is -2.33. The molecule has 0 spiro atoms. The number of esters is 1. The van der Waals surface area contributed by atoms with Gasteiger partial charge in [-0.05, 0) is 29.4 Å². The highest BCUT2D eigenvalue weighted by Gasteiger charge is 2.26. The van der Waals surface area contributed by atoms with Crippen molar-refractivity contribution in [1.29, 1.82) is 0 Å². The van der Waals surface area contributed by atoms with Gasteiger partial charge in [-0.3, -0.25) is 4.79 Å². The van der Waals surface area contributed by atoms with Gasteiger partial charge in [-0.2, -0.15) is 0 Å². The fourth-order valence-electron chi connectivity index (χ4n) is 3.21. The fourth-order valence-corrected chi connectivity index (χ4v) is 3.21. The first-order chi connectivity index (χ1) is 10.1. The van der Waals surface area contributed by atoms with E-state index in [9.17, 15) is 4.79 Å². The Morgan fingerprint density at radius 1 is 1.19 bits per heavy atom. The van der Waals surface area contributed by atoms with Gasteiger partial charge < -0.3 is 10.1 Å². The third kappa shape index (κ3) is 4.85. The van der Waals surface area contributed by atoms with Gasteiger partial charge in [0.1, 0.15) is 0 Å². The van der Waals surface area contributed by atoms with Crippen LogP contribution >= 0.6 is 0 Å². The van der Waals surface area contributed by atoms with Crippen LogP contribution in [0.25, 0.3) is 0 Å². The molecule has 21 heavy (non-hydrogen) atoms. The third-order valence-corrected chi connectivity index (χ3v) is 4.61. The summed E-state index contributed by atoms with van der Waals surface area (Å²) in [5.41, 5.74) is 2.70. The van der Waals surface area contributed by atoms with Crippen LogP contribution in [0.2, 0.25) is 0 Å². The second-order valence-corrected chi connectivity index (χ2v) is 6.50. The Morgan fingerprint density at radius 2 is 1.86 bits per heavy atom. The average molecular weight is 289 g/mol. The van der Waals surface area contributed by atoms with Gasteiger partial charge in [0.2, 0.25) is 0 Å². The summed E-state index contributed by atoms with van der Waals surface area (Å²) in [6.45, 7) is 4.27. The Bertz CT molecular complexity index is 464. The van der Waals surface area contributed by atoms with E-state index in [1.165, 1.54) is 44.8 Å². The highest BCUT2D eigenvalue weighted by molar-refractivity contribution is 5.72. The second-order valence-electron chi connectivity index (χ2n) is 6.50. The summed E-state index contributed by atoms with van der Waals surface area (Å²) in [6.07, 6.45) is 7.10. The van der Waals surface area contributed by atoms with Crippen LogP contribution in [0.3, 0.4) is 0 Å². The summed E-state index contributed by atoms with van der Waals surface area (Å²) in [5, 5.41) is 3.59. The van der Waals surface area contributed by atoms with E-state index in [4.69, 9.17) is 4.74 Å². The smallest absolute Gasteiger partial charge is 0.309 e. The molecule has 1 N–H and O–H groups in total. The van der Waals surface area contributed by atoms with E-state index in [0.29, 0.717) is 11.8 Å². The number of hydrogen-bond acceptors (Lipinski definition) is 3. The first-order valence-electron chi connectivity index (χ1n) is 7.97. The van der Waals surface area contributed by atoms with Crippen molar-refractivity contribution in [3.05, 3.63) is 35.4 Å². The van der Waals surface area contributed by atoms with Gasteiger partial charge >= 0.3 is 5.97 Å². The van der Waals surface area contributed by atoms with Crippen molar-refractivity contribution in [1.82, 2.24) is 5.32 Å². The van der Waals surface area contributed by atoms with E-state index < -0.39 is 0 Å². The van der Waals surface area contributed by atoms with E-state index in [-0.39, 0.29) is 5.97 Å². The van der Waals surface area contributed by atoms with Crippen LogP contribution < -0.4 is 5.32 Å². The van der Waals surface area contributed by atoms with Crippen LogP contribution in [0.5, 0.6) is 0 Å². The SMILES string of the molecule is COC(=O)Cc1ccccc1CNCC1(C)CCCCC1. The molecule has 0 aromatic heterocycles. The van der Waals surface area contributed by atoms with Crippen LogP contribution in [0.15, 0.2) is 24.3 Å². The van der Waals surface area contributed by atoms with Crippen LogP contribution in [-0.4, -0.2) is 19.6 Å². The quantitative estimate of drug-likeness (QED) is 0.815. The lowest BCUT2D eigenvalue weighted by Gasteiger charge is -2.34. The number of nitrogens with one attached hydrogen (secondary N) is 1. The zero-order valence-electron chi connectivity index (χ0n) is 13.3. The molecule has 1 fully saturated rings. The standard InChI is InChI=1S/C18H27NO2/c1-18(10-6-3-7-11-18)14-19-13-16-9-5-4-8-15(16)12-17(20)21-2/h4-5,8-9,19H,3,6-7,10-14H2,1-2H3. The summed E-state index contributed by atoms with van der Waals surface area (Å²) in [4.78, 5) is 11.5. The van der Waals surface area contributed by atoms with Crippen molar-refractivity contribution in [2.75, 3.05) is 13.7 Å². The molecule has 0 amide bonds. The Morgan fingerprint density at radius 3 is 2.52 bits per heavy atom. The molecule has 1 saturated carbocycles. The Balaban J connectivity index is 1.89. The number of hydrogen-bond donors (Lipinski definition) is 1. The Hall–Kier alpha value is -1.35. The third-order valence-electron chi connectivity index (χ3n) is 4.61. The maximum atomic E-state index is 11.5. The van der Waals surface area contributed by atoms with E-state index in [1.54, 1.807) is 0 Å². The predicted octanol–water partition coefficient (Wildman–Crippen LogP) is 3.46. The lowest BCUT2D eigenvalue weighted by atomic mass is 9.76. The van der Waals surface area contributed by atoms with Gasteiger partial charge in [-0.1, -0.05) is 50.5 Å². The average Bonchev–Trinajstić information content (AvgIpc) is 2.49. The van der Waals surface area contributed by atoms with Crippen molar-refractivity contribution in [3.8, 4) is 0 Å². The van der Waals surface area contributed by atoms with Crippen molar-refractivity contribution in [2.24, 2.45) is 5.41 Å². The van der Waals surface area contributed by atoms with Crippen LogP contribution in [-0.2, 0) is 22.5 Å².